The Labute approximate surface area is 82.6 Å². The lowest BCUT2D eigenvalue weighted by Gasteiger charge is -2.34. The van der Waals surface area contributed by atoms with Crippen molar-refractivity contribution in [1.82, 2.24) is 16.0 Å². The van der Waals surface area contributed by atoms with E-state index in [4.69, 9.17) is 0 Å². The SMILES string of the molecule is C[C@]1([C@@H]2CCCNC2)NC(=O)NC1=O. The number of hydrogen-bond donors (Lipinski definition) is 3. The van der Waals surface area contributed by atoms with Gasteiger partial charge < -0.3 is 10.6 Å². The molecule has 2 heterocycles. The third-order valence-corrected chi connectivity index (χ3v) is 3.19. The Hall–Kier alpha value is -1.10. The second-order valence-electron chi connectivity index (χ2n) is 4.15. The standard InChI is InChI=1S/C9H15N3O2/c1-9(6-3-2-4-10-5-6)7(13)11-8(14)12-9/h6,10H,2-5H2,1H3,(H2,11,12,13,14)/t6-,9-/m1/s1. The quantitative estimate of drug-likeness (QED) is 0.500. The highest BCUT2D eigenvalue weighted by molar-refractivity contribution is 6.06. The molecule has 14 heavy (non-hydrogen) atoms. The number of hydrogen-bond acceptors (Lipinski definition) is 3. The molecule has 0 aliphatic carbocycles. The predicted molar refractivity (Wildman–Crippen MR) is 50.7 cm³/mol. The topological polar surface area (TPSA) is 70.2 Å². The molecule has 2 atom stereocenters. The number of amides is 3. The minimum atomic E-state index is -0.718. The summed E-state index contributed by atoms with van der Waals surface area (Å²) < 4.78 is 0. The number of imide groups is 1. The third-order valence-electron chi connectivity index (χ3n) is 3.19. The van der Waals surface area contributed by atoms with Gasteiger partial charge in [-0.2, -0.15) is 0 Å². The maximum atomic E-state index is 11.6. The second-order valence-corrected chi connectivity index (χ2v) is 4.15. The van der Waals surface area contributed by atoms with Gasteiger partial charge >= 0.3 is 6.03 Å². The lowest BCUT2D eigenvalue weighted by molar-refractivity contribution is -0.125. The van der Waals surface area contributed by atoms with Crippen LogP contribution in [0.2, 0.25) is 0 Å². The molecule has 0 saturated carbocycles. The van der Waals surface area contributed by atoms with Crippen molar-refractivity contribution in [2.45, 2.75) is 25.3 Å². The van der Waals surface area contributed by atoms with E-state index in [-0.39, 0.29) is 17.9 Å². The zero-order valence-electron chi connectivity index (χ0n) is 8.22. The van der Waals surface area contributed by atoms with Crippen LogP contribution in [0.4, 0.5) is 4.79 Å². The Morgan fingerprint density at radius 3 is 2.71 bits per heavy atom. The van der Waals surface area contributed by atoms with Gasteiger partial charge in [-0.1, -0.05) is 0 Å². The Kier molecular flexibility index (Phi) is 2.19. The molecule has 2 rings (SSSR count). The van der Waals surface area contributed by atoms with E-state index in [0.717, 1.165) is 25.9 Å². The molecule has 0 aromatic rings. The maximum absolute atomic E-state index is 11.6. The van der Waals surface area contributed by atoms with Crippen LogP contribution >= 0.6 is 0 Å². The fourth-order valence-electron chi connectivity index (χ4n) is 2.19. The van der Waals surface area contributed by atoms with E-state index in [2.05, 4.69) is 16.0 Å². The van der Waals surface area contributed by atoms with Crippen molar-refractivity contribution in [2.75, 3.05) is 13.1 Å². The summed E-state index contributed by atoms with van der Waals surface area (Å²) in [5, 5.41) is 8.24. The van der Waals surface area contributed by atoms with E-state index >= 15 is 0 Å². The van der Waals surface area contributed by atoms with Gasteiger partial charge in [-0.15, -0.1) is 0 Å². The van der Waals surface area contributed by atoms with Crippen LogP contribution in [0, 0.1) is 5.92 Å². The lowest BCUT2D eigenvalue weighted by Crippen LogP contribution is -2.55. The minimum absolute atomic E-state index is 0.197. The lowest BCUT2D eigenvalue weighted by atomic mass is 9.81. The van der Waals surface area contributed by atoms with Crippen LogP contribution in [0.3, 0.4) is 0 Å². The number of urea groups is 1. The molecule has 0 bridgehead atoms. The highest BCUT2D eigenvalue weighted by Crippen LogP contribution is 2.26. The van der Waals surface area contributed by atoms with Crippen LogP contribution in [-0.4, -0.2) is 30.6 Å². The number of piperidine rings is 1. The summed E-state index contributed by atoms with van der Waals surface area (Å²) in [4.78, 5) is 22.6. The first-order valence-corrected chi connectivity index (χ1v) is 4.97. The summed E-state index contributed by atoms with van der Waals surface area (Å²) in [5.74, 6) is -0.00102. The summed E-state index contributed by atoms with van der Waals surface area (Å²) in [7, 11) is 0. The van der Waals surface area contributed by atoms with Crippen LogP contribution in [0.25, 0.3) is 0 Å². The zero-order chi connectivity index (χ0) is 10.2. The van der Waals surface area contributed by atoms with Crippen LogP contribution < -0.4 is 16.0 Å². The fourth-order valence-corrected chi connectivity index (χ4v) is 2.19. The normalized spacial score (nSPS) is 37.9. The monoisotopic (exact) mass is 197 g/mol. The van der Waals surface area contributed by atoms with Crippen molar-refractivity contribution in [3.05, 3.63) is 0 Å². The summed E-state index contributed by atoms with van der Waals surface area (Å²) in [6.45, 7) is 3.59. The Balaban J connectivity index is 2.14. The van der Waals surface area contributed by atoms with Crippen molar-refractivity contribution in [3.8, 4) is 0 Å². The van der Waals surface area contributed by atoms with Crippen molar-refractivity contribution < 1.29 is 9.59 Å². The first kappa shape index (κ1) is 9.45. The Morgan fingerprint density at radius 2 is 2.21 bits per heavy atom. The Bertz CT molecular complexity index is 273. The van der Waals surface area contributed by atoms with Gasteiger partial charge in [-0.25, -0.2) is 4.79 Å². The molecule has 3 amide bonds. The van der Waals surface area contributed by atoms with Crippen LogP contribution in [0.15, 0.2) is 0 Å². The summed E-state index contributed by atoms with van der Waals surface area (Å²) >= 11 is 0. The molecule has 0 aromatic heterocycles. The maximum Gasteiger partial charge on any atom is 0.322 e. The Morgan fingerprint density at radius 1 is 1.43 bits per heavy atom. The summed E-state index contributed by atoms with van der Waals surface area (Å²) in [6, 6.07) is -0.372. The van der Waals surface area contributed by atoms with Crippen molar-refractivity contribution >= 4 is 11.9 Å². The second kappa shape index (κ2) is 3.24. The van der Waals surface area contributed by atoms with Crippen molar-refractivity contribution in [2.24, 2.45) is 5.92 Å². The molecule has 2 saturated heterocycles. The molecule has 78 valence electrons. The predicted octanol–water partition coefficient (Wildman–Crippen LogP) is -0.416. The average Bonchev–Trinajstić information content (AvgIpc) is 2.43. The first-order valence-electron chi connectivity index (χ1n) is 4.97. The molecular weight excluding hydrogens is 182 g/mol. The van der Waals surface area contributed by atoms with Crippen LogP contribution in [0.1, 0.15) is 19.8 Å². The number of carbonyl (C=O) groups is 2. The summed E-state index contributed by atoms with van der Waals surface area (Å²) in [5.41, 5.74) is -0.718. The number of nitrogens with one attached hydrogen (secondary N) is 3. The van der Waals surface area contributed by atoms with Gasteiger partial charge in [-0.3, -0.25) is 10.1 Å². The molecule has 5 heteroatoms. The largest absolute Gasteiger partial charge is 0.323 e. The van der Waals surface area contributed by atoms with E-state index in [1.165, 1.54) is 0 Å². The number of rotatable bonds is 1. The molecule has 3 N–H and O–H groups in total. The highest BCUT2D eigenvalue weighted by atomic mass is 16.2. The van der Waals surface area contributed by atoms with E-state index in [9.17, 15) is 9.59 Å². The van der Waals surface area contributed by atoms with Gasteiger partial charge in [0, 0.05) is 12.5 Å². The molecular formula is C9H15N3O2. The zero-order valence-corrected chi connectivity index (χ0v) is 8.22. The molecule has 2 aliphatic heterocycles. The molecule has 0 spiro atoms. The van der Waals surface area contributed by atoms with E-state index in [1.54, 1.807) is 6.92 Å². The van der Waals surface area contributed by atoms with Crippen LogP contribution in [-0.2, 0) is 4.79 Å². The number of carbonyl (C=O) groups excluding carboxylic acids is 2. The third kappa shape index (κ3) is 1.37. The summed E-state index contributed by atoms with van der Waals surface area (Å²) in [6.07, 6.45) is 2.04. The van der Waals surface area contributed by atoms with Gasteiger partial charge in [0.1, 0.15) is 5.54 Å². The van der Waals surface area contributed by atoms with Gasteiger partial charge in [0.15, 0.2) is 0 Å². The molecule has 0 radical (unpaired) electrons. The van der Waals surface area contributed by atoms with Crippen molar-refractivity contribution in [3.63, 3.8) is 0 Å². The van der Waals surface area contributed by atoms with Crippen molar-refractivity contribution in [1.29, 1.82) is 0 Å². The van der Waals surface area contributed by atoms with E-state index in [0.29, 0.717) is 0 Å². The molecule has 2 aliphatic rings. The highest BCUT2D eigenvalue weighted by Gasteiger charge is 2.47. The van der Waals surface area contributed by atoms with Gasteiger partial charge in [-0.05, 0) is 26.3 Å². The fraction of sp³-hybridized carbons (Fsp3) is 0.778. The van der Waals surface area contributed by atoms with Gasteiger partial charge in [0.2, 0.25) is 0 Å². The van der Waals surface area contributed by atoms with Gasteiger partial charge in [0.25, 0.3) is 5.91 Å². The average molecular weight is 197 g/mol. The molecule has 0 unspecified atom stereocenters. The van der Waals surface area contributed by atoms with Gasteiger partial charge in [0.05, 0.1) is 0 Å². The van der Waals surface area contributed by atoms with Crippen LogP contribution in [0.5, 0.6) is 0 Å². The van der Waals surface area contributed by atoms with E-state index < -0.39 is 5.54 Å². The molecule has 2 fully saturated rings. The van der Waals surface area contributed by atoms with E-state index in [1.807, 2.05) is 0 Å². The smallest absolute Gasteiger partial charge is 0.322 e. The first-order chi connectivity index (χ1) is 6.63. The minimum Gasteiger partial charge on any atom is -0.323 e. The molecule has 5 nitrogen and oxygen atoms in total. The molecule has 0 aromatic carbocycles.